The average molecular weight is 294 g/mol. The lowest BCUT2D eigenvalue weighted by Crippen LogP contribution is -2.41. The van der Waals surface area contributed by atoms with Gasteiger partial charge in [-0.3, -0.25) is 4.99 Å². The molecule has 1 atom stereocenters. The van der Waals surface area contributed by atoms with Crippen LogP contribution in [0.1, 0.15) is 25.8 Å². The summed E-state index contributed by atoms with van der Waals surface area (Å²) < 4.78 is 10.3. The van der Waals surface area contributed by atoms with Crippen LogP contribution < -0.4 is 15.4 Å². The third kappa shape index (κ3) is 6.94. The maximum atomic E-state index is 5.42. The molecule has 1 rings (SSSR count). The Balaban J connectivity index is 2.41. The molecule has 21 heavy (non-hydrogen) atoms. The molecule has 0 fully saturated rings. The van der Waals surface area contributed by atoms with E-state index in [2.05, 4.69) is 34.5 Å². The second-order valence-corrected chi connectivity index (χ2v) is 4.73. The van der Waals surface area contributed by atoms with Gasteiger partial charge in [-0.2, -0.15) is 0 Å². The Kier molecular flexibility index (Phi) is 8.19. The number of aromatic nitrogens is 1. The van der Waals surface area contributed by atoms with Crippen molar-refractivity contribution in [1.29, 1.82) is 0 Å². The molecule has 6 heteroatoms. The molecule has 0 saturated heterocycles. The second-order valence-electron chi connectivity index (χ2n) is 4.73. The van der Waals surface area contributed by atoms with Crippen molar-refractivity contribution in [3.8, 4) is 5.88 Å². The molecule has 0 spiro atoms. The van der Waals surface area contributed by atoms with E-state index in [4.69, 9.17) is 9.47 Å². The van der Waals surface area contributed by atoms with E-state index in [-0.39, 0.29) is 0 Å². The molecule has 118 valence electrons. The minimum Gasteiger partial charge on any atom is -0.475 e. The summed E-state index contributed by atoms with van der Waals surface area (Å²) in [7, 11) is 3.41. The van der Waals surface area contributed by atoms with Gasteiger partial charge in [0, 0.05) is 39.0 Å². The van der Waals surface area contributed by atoms with Gasteiger partial charge in [0.15, 0.2) is 5.96 Å². The van der Waals surface area contributed by atoms with Crippen molar-refractivity contribution in [3.05, 3.63) is 23.9 Å². The van der Waals surface area contributed by atoms with Gasteiger partial charge >= 0.3 is 0 Å². The summed E-state index contributed by atoms with van der Waals surface area (Å²) in [5.74, 6) is 1.41. The van der Waals surface area contributed by atoms with Gasteiger partial charge in [-0.15, -0.1) is 0 Å². The third-order valence-corrected chi connectivity index (χ3v) is 3.01. The van der Waals surface area contributed by atoms with Crippen LogP contribution in [0.2, 0.25) is 0 Å². The van der Waals surface area contributed by atoms with Crippen LogP contribution in [0.4, 0.5) is 0 Å². The Labute approximate surface area is 127 Å². The lowest BCUT2D eigenvalue weighted by atomic mass is 10.2. The first-order valence-electron chi connectivity index (χ1n) is 7.23. The van der Waals surface area contributed by atoms with Crippen molar-refractivity contribution in [2.24, 2.45) is 4.99 Å². The van der Waals surface area contributed by atoms with Gasteiger partial charge in [-0.05, 0) is 18.9 Å². The molecule has 0 bridgehead atoms. The number of ether oxygens (including phenoxy) is 2. The molecule has 1 unspecified atom stereocenters. The Morgan fingerprint density at radius 2 is 2.19 bits per heavy atom. The maximum absolute atomic E-state index is 5.42. The van der Waals surface area contributed by atoms with Gasteiger partial charge in [0.2, 0.25) is 5.88 Å². The molecule has 1 heterocycles. The third-order valence-electron chi connectivity index (χ3n) is 3.01. The van der Waals surface area contributed by atoms with Gasteiger partial charge in [0.05, 0.1) is 6.61 Å². The van der Waals surface area contributed by atoms with Gasteiger partial charge in [-0.1, -0.05) is 13.0 Å². The van der Waals surface area contributed by atoms with Crippen molar-refractivity contribution in [2.75, 3.05) is 27.4 Å². The first kappa shape index (κ1) is 17.2. The summed E-state index contributed by atoms with van der Waals surface area (Å²) in [4.78, 5) is 8.45. The van der Waals surface area contributed by atoms with Crippen molar-refractivity contribution < 1.29 is 9.47 Å². The summed E-state index contributed by atoms with van der Waals surface area (Å²) in [6.07, 6.45) is 2.85. The topological polar surface area (TPSA) is 67.8 Å². The SMILES string of the molecule is CCC(C)NC(=NC)NCc1ccc(OCCOC)nc1. The maximum Gasteiger partial charge on any atom is 0.213 e. The van der Waals surface area contributed by atoms with Crippen LogP contribution in [0.25, 0.3) is 0 Å². The highest BCUT2D eigenvalue weighted by atomic mass is 16.5. The first-order chi connectivity index (χ1) is 10.2. The highest BCUT2D eigenvalue weighted by Gasteiger charge is 2.03. The lowest BCUT2D eigenvalue weighted by molar-refractivity contribution is 0.143. The molecule has 2 N–H and O–H groups in total. The van der Waals surface area contributed by atoms with Crippen LogP contribution in [-0.2, 0) is 11.3 Å². The summed E-state index contributed by atoms with van der Waals surface area (Å²) in [6.45, 7) is 5.99. The number of pyridine rings is 1. The molecule has 0 radical (unpaired) electrons. The Bertz CT molecular complexity index is 420. The van der Waals surface area contributed by atoms with Crippen LogP contribution in [0, 0.1) is 0 Å². The van der Waals surface area contributed by atoms with Crippen LogP contribution in [0.5, 0.6) is 5.88 Å². The average Bonchev–Trinajstić information content (AvgIpc) is 2.52. The molecule has 0 amide bonds. The normalized spacial score (nSPS) is 12.9. The molecule has 6 nitrogen and oxygen atoms in total. The summed E-state index contributed by atoms with van der Waals surface area (Å²) in [6, 6.07) is 4.24. The Hall–Kier alpha value is -1.82. The number of methoxy groups -OCH3 is 1. The van der Waals surface area contributed by atoms with Crippen LogP contribution in [0.3, 0.4) is 0 Å². The predicted molar refractivity (Wildman–Crippen MR) is 84.7 cm³/mol. The smallest absolute Gasteiger partial charge is 0.213 e. The quantitative estimate of drug-likeness (QED) is 0.433. The molecule has 0 aliphatic carbocycles. The van der Waals surface area contributed by atoms with E-state index in [9.17, 15) is 0 Å². The van der Waals surface area contributed by atoms with Crippen molar-refractivity contribution in [3.63, 3.8) is 0 Å². The van der Waals surface area contributed by atoms with Crippen molar-refractivity contribution >= 4 is 5.96 Å². The molecule has 0 aliphatic heterocycles. The number of rotatable bonds is 8. The molecular weight excluding hydrogens is 268 g/mol. The zero-order valence-corrected chi connectivity index (χ0v) is 13.3. The molecule has 1 aromatic heterocycles. The fourth-order valence-corrected chi connectivity index (χ4v) is 1.55. The van der Waals surface area contributed by atoms with Crippen molar-refractivity contribution in [1.82, 2.24) is 15.6 Å². The summed E-state index contributed by atoms with van der Waals surface area (Å²) >= 11 is 0. The van der Waals surface area contributed by atoms with Gasteiger partial charge in [0.1, 0.15) is 6.61 Å². The van der Waals surface area contributed by atoms with Crippen LogP contribution in [0.15, 0.2) is 23.3 Å². The van der Waals surface area contributed by atoms with Crippen LogP contribution in [-0.4, -0.2) is 44.4 Å². The van der Waals surface area contributed by atoms with E-state index in [1.54, 1.807) is 20.4 Å². The number of nitrogens with zero attached hydrogens (tertiary/aromatic N) is 2. The summed E-state index contributed by atoms with van der Waals surface area (Å²) in [5.41, 5.74) is 1.07. The number of aliphatic imine (C=N–C) groups is 1. The van der Waals surface area contributed by atoms with Gasteiger partial charge in [-0.25, -0.2) is 4.98 Å². The predicted octanol–water partition coefficient (Wildman–Crippen LogP) is 1.57. The zero-order valence-electron chi connectivity index (χ0n) is 13.3. The Morgan fingerprint density at radius 3 is 2.76 bits per heavy atom. The van der Waals surface area contributed by atoms with Gasteiger partial charge < -0.3 is 20.1 Å². The zero-order chi connectivity index (χ0) is 15.5. The van der Waals surface area contributed by atoms with E-state index in [1.807, 2.05) is 12.1 Å². The summed E-state index contributed by atoms with van der Waals surface area (Å²) in [5, 5.41) is 6.57. The number of guanidine groups is 1. The van der Waals surface area contributed by atoms with Crippen LogP contribution >= 0.6 is 0 Å². The monoisotopic (exact) mass is 294 g/mol. The standard InChI is InChI=1S/C15H26N4O2/c1-5-12(2)19-15(16-3)18-11-13-6-7-14(17-10-13)21-9-8-20-4/h6-7,10,12H,5,8-9,11H2,1-4H3,(H2,16,18,19). The molecule has 1 aromatic rings. The number of hydrogen-bond acceptors (Lipinski definition) is 4. The lowest BCUT2D eigenvalue weighted by Gasteiger charge is -2.16. The largest absolute Gasteiger partial charge is 0.475 e. The Morgan fingerprint density at radius 1 is 1.38 bits per heavy atom. The number of hydrogen-bond donors (Lipinski definition) is 2. The fourth-order valence-electron chi connectivity index (χ4n) is 1.55. The minimum atomic E-state index is 0.394. The molecular formula is C15H26N4O2. The van der Waals surface area contributed by atoms with E-state index in [0.29, 0.717) is 31.7 Å². The van der Waals surface area contributed by atoms with E-state index in [0.717, 1.165) is 17.9 Å². The number of nitrogens with one attached hydrogen (secondary N) is 2. The highest BCUT2D eigenvalue weighted by molar-refractivity contribution is 5.79. The fraction of sp³-hybridized carbons (Fsp3) is 0.600. The second kappa shape index (κ2) is 9.99. The molecule has 0 aromatic carbocycles. The van der Waals surface area contributed by atoms with E-state index in [1.165, 1.54) is 0 Å². The van der Waals surface area contributed by atoms with E-state index < -0.39 is 0 Å². The van der Waals surface area contributed by atoms with Gasteiger partial charge in [0.25, 0.3) is 0 Å². The minimum absolute atomic E-state index is 0.394. The van der Waals surface area contributed by atoms with Crippen molar-refractivity contribution in [2.45, 2.75) is 32.9 Å². The van der Waals surface area contributed by atoms with E-state index >= 15 is 0 Å². The molecule has 0 aliphatic rings. The molecule has 0 saturated carbocycles. The highest BCUT2D eigenvalue weighted by Crippen LogP contribution is 2.07. The first-order valence-corrected chi connectivity index (χ1v) is 7.23.